The summed E-state index contributed by atoms with van der Waals surface area (Å²) in [6.07, 6.45) is -51.3. The molecule has 0 radical (unpaired) electrons. The number of rotatable bonds is 21. The summed E-state index contributed by atoms with van der Waals surface area (Å²) >= 11 is 0. The maximum Gasteiger partial charge on any atom is 0.187 e. The largest absolute Gasteiger partial charge is 0.394 e. The first-order valence-corrected chi connectivity index (χ1v) is 34.4. The molecule has 11 fully saturated rings. The lowest BCUT2D eigenvalue weighted by Crippen LogP contribution is -2.69. The summed E-state index contributed by atoms with van der Waals surface area (Å²) in [7, 11) is 0. The van der Waals surface area contributed by atoms with Gasteiger partial charge >= 0.3 is 0 Å². The molecule has 0 aromatic rings. The molecule has 4 aliphatic carbocycles. The lowest BCUT2D eigenvalue weighted by molar-refractivity contribution is -0.412. The Hall–Kier alpha value is -1.36. The normalized spacial score (nSPS) is 55.9. The highest BCUT2D eigenvalue weighted by atomic mass is 16.8. The summed E-state index contributed by atoms with van der Waals surface area (Å²) in [5.74, 6) is -0.736. The van der Waals surface area contributed by atoms with Crippen LogP contribution in [-0.2, 0) is 61.6 Å². The fourth-order valence-corrected chi connectivity index (χ4v) is 18.6. The molecule has 0 bridgehead atoms. The highest BCUT2D eigenvalue weighted by Crippen LogP contribution is 2.71. The van der Waals surface area contributed by atoms with Gasteiger partial charge in [-0.25, -0.2) is 0 Å². The van der Waals surface area contributed by atoms with E-state index in [1.54, 1.807) is 6.92 Å². The van der Waals surface area contributed by atoms with Crippen molar-refractivity contribution in [2.24, 2.45) is 52.3 Å². The molecule has 43 atom stereocenters. The summed E-state index contributed by atoms with van der Waals surface area (Å²) in [5, 5.41) is 230. The van der Waals surface area contributed by atoms with Crippen LogP contribution in [0.2, 0.25) is 0 Å². The quantitative estimate of drug-likeness (QED) is 0.0475. The number of hydrogen-bond acceptors (Lipinski definition) is 34. The molecule has 7 saturated heterocycles. The molecule has 0 amide bonds. The Balaban J connectivity index is 0.755. The minimum Gasteiger partial charge on any atom is -0.394 e. The predicted molar refractivity (Wildman–Crippen MR) is 317 cm³/mol. The Bertz CT molecular complexity index is 2530. The van der Waals surface area contributed by atoms with E-state index >= 15 is 0 Å². The van der Waals surface area contributed by atoms with Gasteiger partial charge in [-0.2, -0.15) is 0 Å². The summed E-state index contributed by atoms with van der Waals surface area (Å²) in [6.45, 7) is 5.48. The van der Waals surface area contributed by atoms with Crippen molar-refractivity contribution in [1.29, 1.82) is 0 Å². The number of hydrogen-bond donors (Lipinski definition) is 21. The summed E-state index contributed by atoms with van der Waals surface area (Å²) in [6, 6.07) is 0. The molecule has 34 nitrogen and oxygen atoms in total. The second-order valence-corrected chi connectivity index (χ2v) is 30.0. The van der Waals surface area contributed by atoms with Crippen LogP contribution < -0.4 is 0 Å². The Kier molecular flexibility index (Phi) is 24.2. The van der Waals surface area contributed by atoms with Crippen molar-refractivity contribution in [2.45, 2.75) is 301 Å². The van der Waals surface area contributed by atoms with Gasteiger partial charge in [0.1, 0.15) is 140 Å². The maximum atomic E-state index is 12.2. The SMILES string of the molecule is C[C@H](CC[C@@]1(O)O[C@H]2C[C@H]3[C@@H]4CC[C@H]5C[C@@H](O[C@@H]6O[C@H](CO)[C@H](O[C@@H]7O[C@H](CO)[C@@H](O)[C@H](O[C@@H]8O[C@H](CO)[C@@H](O)[C@H](O)[C@H]8O)[C@H]7O[C@@H]7O[C@H](CO)[C@@H](O)[C@H](O[C@@H]8O[C@H](CO)[C@@H](O)[C@H](O)[C@H]8O)[C@H]7O)[C@H](O)[C@H]6O)[C@H](O)C[C@]5(C)[C@H]4CC[C@]3(C)[C@H]2[C@@H]1C)CO[C@@H]1O[C@@H](C)[C@H](O)[C@@H](O)[C@H]1O. The van der Waals surface area contributed by atoms with E-state index < -0.39 is 235 Å². The van der Waals surface area contributed by atoms with Crippen LogP contribution in [0.5, 0.6) is 0 Å². The van der Waals surface area contributed by atoms with Crippen molar-refractivity contribution < 1.29 is 169 Å². The molecule has 0 spiro atoms. The molecule has 34 heteroatoms. The van der Waals surface area contributed by atoms with Crippen molar-refractivity contribution in [3.8, 4) is 0 Å². The zero-order valence-electron chi connectivity index (χ0n) is 54.9. The predicted octanol–water partition coefficient (Wildman–Crippen LogP) is -8.31. The minimum absolute atomic E-state index is 0.0347. The monoisotopic (exact) mass is 1410 g/mol. The third kappa shape index (κ3) is 14.3. The van der Waals surface area contributed by atoms with Crippen molar-refractivity contribution in [2.75, 3.05) is 39.6 Å². The van der Waals surface area contributed by atoms with Crippen molar-refractivity contribution in [3.63, 3.8) is 0 Å². The van der Waals surface area contributed by atoms with Gasteiger partial charge in [0.25, 0.3) is 0 Å². The highest BCUT2D eigenvalue weighted by molar-refractivity contribution is 5.16. The zero-order chi connectivity index (χ0) is 70.4. The van der Waals surface area contributed by atoms with Crippen LogP contribution >= 0.6 is 0 Å². The molecule has 0 aromatic carbocycles. The molecule has 97 heavy (non-hydrogen) atoms. The molecule has 0 aromatic heterocycles. The molecular formula is C63H106O34. The van der Waals surface area contributed by atoms with Crippen LogP contribution in [0.15, 0.2) is 0 Å². The van der Waals surface area contributed by atoms with E-state index in [1.807, 2.05) is 6.92 Å². The van der Waals surface area contributed by atoms with Crippen LogP contribution in [-0.4, -0.2) is 355 Å². The van der Waals surface area contributed by atoms with Gasteiger partial charge in [-0.1, -0.05) is 27.7 Å². The van der Waals surface area contributed by atoms with E-state index in [2.05, 4.69) is 20.8 Å². The molecule has 11 rings (SSSR count). The van der Waals surface area contributed by atoms with Gasteiger partial charge in [0, 0.05) is 12.3 Å². The van der Waals surface area contributed by atoms with Gasteiger partial charge in [0.15, 0.2) is 43.5 Å². The first-order valence-electron chi connectivity index (χ1n) is 34.4. The minimum atomic E-state index is -2.26. The van der Waals surface area contributed by atoms with Crippen LogP contribution in [0.25, 0.3) is 0 Å². The third-order valence-corrected chi connectivity index (χ3v) is 24.3. The van der Waals surface area contributed by atoms with Gasteiger partial charge in [-0.15, -0.1) is 0 Å². The Morgan fingerprint density at radius 2 is 0.928 bits per heavy atom. The topological polar surface area (TPSA) is 545 Å². The lowest BCUT2D eigenvalue weighted by atomic mass is 9.44. The summed E-state index contributed by atoms with van der Waals surface area (Å²) in [5.41, 5.74) is -0.494. The van der Waals surface area contributed by atoms with E-state index in [1.165, 1.54) is 0 Å². The zero-order valence-corrected chi connectivity index (χ0v) is 54.9. The number of aliphatic hydroxyl groups is 21. The standard InChI is InChI=1S/C63H106O34/c1-21(20-85-55-46(79)42(75)37(70)23(3)86-55)8-11-63(84)22(2)36-30(97-63)13-27-25-7-6-24-12-29(28(69)14-62(24,5)26(25)9-10-61(27,36)4)87-56-49(82)45(78)51(35(19-68)92-56)93-60-54(53(41(74)34(18-67)91-60)95-58-48(81)44(77)39(72)32(16-65)89-58)96-59-50(83)52(40(73)33(17-66)90-59)94-57-47(80)43(76)38(71)31(15-64)88-57/h21-60,64-84H,6-20H2,1-5H3/t21-,22+,23+,24+,25-,26+,27+,28-,29-,30+,31-,32-,33-,34-,35-,36+,37+,38-,39-,40-,41-,42-,43+,44+,45-,46-,47-,48-,49-,50-,51+,52+,53+,54-,55-,56-,57+,58+,59+,60+,61+,62+,63-/m1/s1. The second kappa shape index (κ2) is 30.6. The van der Waals surface area contributed by atoms with Crippen molar-refractivity contribution in [3.05, 3.63) is 0 Å². The van der Waals surface area contributed by atoms with Gasteiger partial charge in [0.2, 0.25) is 0 Å². The first-order chi connectivity index (χ1) is 45.9. The third-order valence-electron chi connectivity index (χ3n) is 24.3. The van der Waals surface area contributed by atoms with Crippen LogP contribution in [0, 0.1) is 52.3 Å². The molecule has 21 N–H and O–H groups in total. The van der Waals surface area contributed by atoms with Crippen molar-refractivity contribution in [1.82, 2.24) is 0 Å². The van der Waals surface area contributed by atoms with Gasteiger partial charge < -0.3 is 169 Å². The second-order valence-electron chi connectivity index (χ2n) is 30.0. The fourth-order valence-electron chi connectivity index (χ4n) is 18.6. The Labute approximate surface area is 559 Å². The van der Waals surface area contributed by atoms with Gasteiger partial charge in [0.05, 0.1) is 64.1 Å². The summed E-state index contributed by atoms with van der Waals surface area (Å²) in [4.78, 5) is 0. The number of fused-ring (bicyclic) bond motifs is 7. The molecular weight excluding hydrogens is 1300 g/mol. The van der Waals surface area contributed by atoms with E-state index in [9.17, 15) is 107 Å². The summed E-state index contributed by atoms with van der Waals surface area (Å²) < 4.78 is 77.9. The maximum absolute atomic E-state index is 12.2. The van der Waals surface area contributed by atoms with E-state index in [4.69, 9.17) is 61.6 Å². The first kappa shape index (κ1) is 76.8. The van der Waals surface area contributed by atoms with E-state index in [-0.39, 0.29) is 59.0 Å². The number of aliphatic hydroxyl groups excluding tert-OH is 20. The molecule has 562 valence electrons. The van der Waals surface area contributed by atoms with Crippen LogP contribution in [0.1, 0.15) is 92.4 Å². The van der Waals surface area contributed by atoms with Crippen LogP contribution in [0.3, 0.4) is 0 Å². The lowest BCUT2D eigenvalue weighted by Gasteiger charge is -2.62. The fraction of sp³-hybridized carbons (Fsp3) is 1.00. The molecule has 4 saturated carbocycles. The highest BCUT2D eigenvalue weighted by Gasteiger charge is 2.69. The average Bonchev–Trinajstić information content (AvgIpc) is 1.57. The Morgan fingerprint density at radius 3 is 1.53 bits per heavy atom. The molecule has 7 aliphatic heterocycles. The van der Waals surface area contributed by atoms with Crippen LogP contribution in [0.4, 0.5) is 0 Å². The van der Waals surface area contributed by atoms with Crippen molar-refractivity contribution >= 4 is 0 Å². The van der Waals surface area contributed by atoms with Gasteiger partial charge in [-0.05, 0) is 105 Å². The average molecular weight is 1410 g/mol. The molecule has 7 heterocycles. The van der Waals surface area contributed by atoms with Gasteiger partial charge in [-0.3, -0.25) is 0 Å². The van der Waals surface area contributed by atoms with E-state index in [0.29, 0.717) is 31.6 Å². The number of ether oxygens (including phenoxy) is 13. The Morgan fingerprint density at radius 1 is 0.443 bits per heavy atom. The molecule has 0 unspecified atom stereocenters. The molecule has 11 aliphatic rings. The van der Waals surface area contributed by atoms with E-state index in [0.717, 1.165) is 32.1 Å². The smallest absolute Gasteiger partial charge is 0.187 e.